The summed E-state index contributed by atoms with van der Waals surface area (Å²) in [7, 11) is -1.82. The standard InChI is InChI=1S/C14H22O2SSi/c1-14(2,3)18(4,5)16-11-13(15)17-12-9-7-6-8-10-12/h6-10H,11H2,1-5H3. The van der Waals surface area contributed by atoms with E-state index in [2.05, 4.69) is 33.9 Å². The Morgan fingerprint density at radius 3 is 2.28 bits per heavy atom. The van der Waals surface area contributed by atoms with E-state index < -0.39 is 8.32 Å². The van der Waals surface area contributed by atoms with Gasteiger partial charge >= 0.3 is 0 Å². The molecule has 0 heterocycles. The van der Waals surface area contributed by atoms with Crippen LogP contribution >= 0.6 is 11.8 Å². The van der Waals surface area contributed by atoms with Crippen LogP contribution in [0, 0.1) is 0 Å². The first-order chi connectivity index (χ1) is 8.22. The molecule has 4 heteroatoms. The van der Waals surface area contributed by atoms with Crippen LogP contribution in [0.25, 0.3) is 0 Å². The summed E-state index contributed by atoms with van der Waals surface area (Å²) in [5.41, 5.74) is 0. The maximum atomic E-state index is 11.8. The number of benzene rings is 1. The van der Waals surface area contributed by atoms with Crippen LogP contribution < -0.4 is 0 Å². The van der Waals surface area contributed by atoms with Crippen LogP contribution in [0.1, 0.15) is 20.8 Å². The highest BCUT2D eigenvalue weighted by Gasteiger charge is 2.37. The third kappa shape index (κ3) is 4.59. The van der Waals surface area contributed by atoms with Crippen LogP contribution in [0.5, 0.6) is 0 Å². The largest absolute Gasteiger partial charge is 0.409 e. The lowest BCUT2D eigenvalue weighted by atomic mass is 10.2. The molecule has 0 unspecified atom stereocenters. The molecule has 0 atom stereocenters. The van der Waals surface area contributed by atoms with Crippen LogP contribution in [0.15, 0.2) is 35.2 Å². The van der Waals surface area contributed by atoms with Crippen LogP contribution in [0.2, 0.25) is 18.1 Å². The molecule has 0 aromatic heterocycles. The molecule has 0 bridgehead atoms. The van der Waals surface area contributed by atoms with Gasteiger partial charge in [0.2, 0.25) is 5.12 Å². The Kier molecular flexibility index (Phi) is 5.19. The lowest BCUT2D eigenvalue weighted by molar-refractivity contribution is -0.113. The first-order valence-corrected chi connectivity index (χ1v) is 9.84. The average Bonchev–Trinajstić information content (AvgIpc) is 2.26. The summed E-state index contributed by atoms with van der Waals surface area (Å²) >= 11 is 1.25. The second kappa shape index (κ2) is 6.04. The van der Waals surface area contributed by atoms with Crippen LogP contribution in [-0.4, -0.2) is 20.0 Å². The number of carbonyl (C=O) groups excluding carboxylic acids is 1. The number of thioether (sulfide) groups is 1. The third-order valence-electron chi connectivity index (χ3n) is 3.33. The summed E-state index contributed by atoms with van der Waals surface area (Å²) in [6.45, 7) is 11.0. The highest BCUT2D eigenvalue weighted by molar-refractivity contribution is 8.13. The summed E-state index contributed by atoms with van der Waals surface area (Å²) in [6.07, 6.45) is 0. The molecule has 0 aliphatic heterocycles. The molecule has 0 N–H and O–H groups in total. The molecular weight excluding hydrogens is 260 g/mol. The van der Waals surface area contributed by atoms with Crippen molar-refractivity contribution in [3.63, 3.8) is 0 Å². The predicted octanol–water partition coefficient (Wildman–Crippen LogP) is 4.33. The molecule has 2 nitrogen and oxygen atoms in total. The monoisotopic (exact) mass is 282 g/mol. The maximum Gasteiger partial charge on any atom is 0.218 e. The lowest BCUT2D eigenvalue weighted by Gasteiger charge is -2.35. The van der Waals surface area contributed by atoms with E-state index in [1.54, 1.807) is 0 Å². The Labute approximate surface area is 115 Å². The first-order valence-electron chi connectivity index (χ1n) is 6.12. The molecule has 0 aliphatic carbocycles. The Bertz CT molecular complexity index is 396. The van der Waals surface area contributed by atoms with E-state index in [0.29, 0.717) is 0 Å². The Morgan fingerprint density at radius 2 is 1.78 bits per heavy atom. The smallest absolute Gasteiger partial charge is 0.218 e. The van der Waals surface area contributed by atoms with E-state index in [1.165, 1.54) is 11.8 Å². The zero-order valence-electron chi connectivity index (χ0n) is 11.8. The summed E-state index contributed by atoms with van der Waals surface area (Å²) in [4.78, 5) is 12.8. The summed E-state index contributed by atoms with van der Waals surface area (Å²) in [6, 6.07) is 9.69. The van der Waals surface area contributed by atoms with Crippen molar-refractivity contribution < 1.29 is 9.22 Å². The van der Waals surface area contributed by atoms with Crippen molar-refractivity contribution in [2.45, 2.75) is 43.8 Å². The highest BCUT2D eigenvalue weighted by atomic mass is 32.2. The van der Waals surface area contributed by atoms with Crippen molar-refractivity contribution in [3.05, 3.63) is 30.3 Å². The molecule has 0 radical (unpaired) electrons. The molecule has 100 valence electrons. The van der Waals surface area contributed by atoms with Gasteiger partial charge in [-0.3, -0.25) is 4.79 Å². The van der Waals surface area contributed by atoms with Gasteiger partial charge in [-0.25, -0.2) is 0 Å². The highest BCUT2D eigenvalue weighted by Crippen LogP contribution is 2.36. The van der Waals surface area contributed by atoms with Gasteiger partial charge in [-0.2, -0.15) is 0 Å². The van der Waals surface area contributed by atoms with Gasteiger partial charge in [-0.05, 0) is 42.0 Å². The van der Waals surface area contributed by atoms with Gasteiger partial charge in [0.05, 0.1) is 0 Å². The lowest BCUT2D eigenvalue weighted by Crippen LogP contribution is -2.41. The molecule has 0 fully saturated rings. The number of rotatable bonds is 4. The van der Waals surface area contributed by atoms with E-state index in [-0.39, 0.29) is 16.8 Å². The fraction of sp³-hybridized carbons (Fsp3) is 0.500. The Balaban J connectivity index is 2.48. The summed E-state index contributed by atoms with van der Waals surface area (Å²) < 4.78 is 5.90. The Hall–Kier alpha value is -0.583. The van der Waals surface area contributed by atoms with E-state index in [1.807, 2.05) is 30.3 Å². The molecule has 0 saturated carbocycles. The fourth-order valence-corrected chi connectivity index (χ4v) is 2.81. The normalized spacial score (nSPS) is 12.5. The van der Waals surface area contributed by atoms with Crippen molar-refractivity contribution >= 4 is 25.2 Å². The van der Waals surface area contributed by atoms with Crippen LogP contribution in [-0.2, 0) is 9.22 Å². The van der Waals surface area contributed by atoms with Gasteiger partial charge in [0.15, 0.2) is 8.32 Å². The van der Waals surface area contributed by atoms with Gasteiger partial charge in [0, 0.05) is 4.90 Å². The molecular formula is C14H22O2SSi. The molecule has 0 amide bonds. The zero-order valence-corrected chi connectivity index (χ0v) is 13.6. The van der Waals surface area contributed by atoms with Gasteiger partial charge in [-0.15, -0.1) is 0 Å². The van der Waals surface area contributed by atoms with Crippen molar-refractivity contribution in [1.82, 2.24) is 0 Å². The van der Waals surface area contributed by atoms with E-state index in [0.717, 1.165) is 4.90 Å². The van der Waals surface area contributed by atoms with Gasteiger partial charge in [-0.1, -0.05) is 39.0 Å². The van der Waals surface area contributed by atoms with E-state index >= 15 is 0 Å². The van der Waals surface area contributed by atoms with Crippen molar-refractivity contribution in [1.29, 1.82) is 0 Å². The van der Waals surface area contributed by atoms with Crippen LogP contribution in [0.3, 0.4) is 0 Å². The van der Waals surface area contributed by atoms with E-state index in [9.17, 15) is 4.79 Å². The minimum absolute atomic E-state index is 0.0750. The quantitative estimate of drug-likeness (QED) is 0.607. The molecule has 0 aliphatic rings. The SMILES string of the molecule is CC(C)(C)[Si](C)(C)OCC(=O)Sc1ccccc1. The maximum absolute atomic E-state index is 11.8. The summed E-state index contributed by atoms with van der Waals surface area (Å²) in [5.74, 6) is 0. The van der Waals surface area contributed by atoms with Crippen molar-refractivity contribution in [2.24, 2.45) is 0 Å². The average molecular weight is 282 g/mol. The summed E-state index contributed by atoms with van der Waals surface area (Å²) in [5, 5.41) is 0.219. The Morgan fingerprint density at radius 1 is 1.22 bits per heavy atom. The second-order valence-corrected chi connectivity index (χ2v) is 11.8. The number of hydrogen-bond donors (Lipinski definition) is 0. The second-order valence-electron chi connectivity index (χ2n) is 5.84. The molecule has 0 saturated heterocycles. The van der Waals surface area contributed by atoms with Crippen molar-refractivity contribution in [3.8, 4) is 0 Å². The molecule has 0 spiro atoms. The molecule has 1 aromatic rings. The zero-order chi connectivity index (χ0) is 13.8. The van der Waals surface area contributed by atoms with Gasteiger partial charge in [0.1, 0.15) is 6.61 Å². The predicted molar refractivity (Wildman–Crippen MR) is 80.5 cm³/mol. The first kappa shape index (κ1) is 15.5. The van der Waals surface area contributed by atoms with Crippen molar-refractivity contribution in [2.75, 3.05) is 6.61 Å². The minimum atomic E-state index is -1.82. The van der Waals surface area contributed by atoms with Gasteiger partial charge < -0.3 is 4.43 Å². The molecule has 1 aromatic carbocycles. The molecule has 18 heavy (non-hydrogen) atoms. The number of hydrogen-bond acceptors (Lipinski definition) is 3. The fourth-order valence-electron chi connectivity index (χ4n) is 1.11. The third-order valence-corrected chi connectivity index (χ3v) is 8.66. The topological polar surface area (TPSA) is 26.3 Å². The van der Waals surface area contributed by atoms with E-state index in [4.69, 9.17) is 4.43 Å². The van der Waals surface area contributed by atoms with Crippen LogP contribution in [0.4, 0.5) is 0 Å². The van der Waals surface area contributed by atoms with Gasteiger partial charge in [0.25, 0.3) is 0 Å². The minimum Gasteiger partial charge on any atom is -0.409 e. The molecule has 1 rings (SSSR count). The number of carbonyl (C=O) groups is 1.